The van der Waals surface area contributed by atoms with Crippen LogP contribution >= 0.6 is 0 Å². The van der Waals surface area contributed by atoms with Crippen molar-refractivity contribution in [3.8, 4) is 6.07 Å². The van der Waals surface area contributed by atoms with Crippen molar-refractivity contribution < 1.29 is 19.1 Å². The van der Waals surface area contributed by atoms with Gasteiger partial charge in [-0.05, 0) is 70.1 Å². The van der Waals surface area contributed by atoms with Gasteiger partial charge >= 0.3 is 6.09 Å². The minimum absolute atomic E-state index is 0.0418. The number of amides is 3. The predicted molar refractivity (Wildman–Crippen MR) is 139 cm³/mol. The van der Waals surface area contributed by atoms with Crippen molar-refractivity contribution in [3.63, 3.8) is 0 Å². The van der Waals surface area contributed by atoms with Crippen LogP contribution in [-0.2, 0) is 14.3 Å². The lowest BCUT2D eigenvalue weighted by atomic mass is 9.93. The van der Waals surface area contributed by atoms with E-state index < -0.39 is 29.7 Å². The molecule has 0 aliphatic heterocycles. The number of carbonyl (C=O) groups is 3. The lowest BCUT2D eigenvalue weighted by Gasteiger charge is -2.35. The molecule has 1 saturated carbocycles. The quantitative estimate of drug-likeness (QED) is 0.505. The van der Waals surface area contributed by atoms with E-state index in [9.17, 15) is 19.6 Å². The van der Waals surface area contributed by atoms with E-state index >= 15 is 0 Å². The van der Waals surface area contributed by atoms with Gasteiger partial charge in [0.2, 0.25) is 11.8 Å². The summed E-state index contributed by atoms with van der Waals surface area (Å²) in [6.07, 6.45) is 4.32. The summed E-state index contributed by atoms with van der Waals surface area (Å²) in [5.41, 5.74) is 1.95. The Hall–Kier alpha value is -3.08. The second-order valence-electron chi connectivity index (χ2n) is 11.1. The van der Waals surface area contributed by atoms with Crippen molar-refractivity contribution in [2.24, 2.45) is 5.92 Å². The van der Waals surface area contributed by atoms with Gasteiger partial charge in [-0.15, -0.1) is 0 Å². The van der Waals surface area contributed by atoms with Crippen LogP contribution in [0.2, 0.25) is 0 Å². The first kappa shape index (κ1) is 29.2. The van der Waals surface area contributed by atoms with Gasteiger partial charge in [0.1, 0.15) is 24.2 Å². The average molecular weight is 499 g/mol. The third kappa shape index (κ3) is 8.25. The Morgan fingerprint density at radius 3 is 2.28 bits per heavy atom. The Kier molecular flexibility index (Phi) is 10.3. The summed E-state index contributed by atoms with van der Waals surface area (Å²) >= 11 is 0. The second kappa shape index (κ2) is 12.8. The number of carbonyl (C=O) groups excluding carboxylic acids is 3. The third-order valence-corrected chi connectivity index (χ3v) is 6.49. The zero-order valence-corrected chi connectivity index (χ0v) is 22.8. The first-order chi connectivity index (χ1) is 16.8. The number of aryl methyl sites for hydroxylation is 2. The van der Waals surface area contributed by atoms with Crippen LogP contribution in [-0.4, -0.2) is 47.0 Å². The predicted octanol–water partition coefficient (Wildman–Crippen LogP) is 4.69. The summed E-state index contributed by atoms with van der Waals surface area (Å²) < 4.78 is 5.37. The maximum atomic E-state index is 13.9. The Morgan fingerprint density at radius 1 is 1.11 bits per heavy atom. The molecule has 1 aliphatic carbocycles. The van der Waals surface area contributed by atoms with Crippen LogP contribution in [0.3, 0.4) is 0 Å². The fraction of sp³-hybridized carbons (Fsp3) is 0.643. The summed E-state index contributed by atoms with van der Waals surface area (Å²) in [5, 5.41) is 15.4. The average Bonchev–Trinajstić information content (AvgIpc) is 2.78. The number of rotatable bonds is 8. The molecule has 0 heterocycles. The number of nitrogens with zero attached hydrogens (tertiary/aromatic N) is 2. The van der Waals surface area contributed by atoms with E-state index in [0.29, 0.717) is 5.56 Å². The van der Waals surface area contributed by atoms with Gasteiger partial charge in [-0.3, -0.25) is 9.59 Å². The summed E-state index contributed by atoms with van der Waals surface area (Å²) in [7, 11) is 0. The summed E-state index contributed by atoms with van der Waals surface area (Å²) in [5.74, 6) is -1.11. The van der Waals surface area contributed by atoms with Crippen molar-refractivity contribution in [1.82, 2.24) is 15.5 Å². The SMILES string of the molecule is Cc1ccc(C(C(=O)NC2CCCCC2)N(CC#N)C(=O)C(NC(=O)OC(C)(C)C)C(C)C)cc1C. The molecular formula is C28H42N4O4. The lowest BCUT2D eigenvalue weighted by molar-refractivity contribution is -0.142. The van der Waals surface area contributed by atoms with Crippen LogP contribution in [0.15, 0.2) is 18.2 Å². The Bertz CT molecular complexity index is 971. The second-order valence-corrected chi connectivity index (χ2v) is 11.1. The van der Waals surface area contributed by atoms with Crippen LogP contribution in [0.25, 0.3) is 0 Å². The Labute approximate surface area is 215 Å². The van der Waals surface area contributed by atoms with Crippen LogP contribution in [0.4, 0.5) is 4.79 Å². The number of nitrogens with one attached hydrogen (secondary N) is 2. The van der Waals surface area contributed by atoms with Gasteiger partial charge in [0.05, 0.1) is 6.07 Å². The zero-order chi connectivity index (χ0) is 27.0. The topological polar surface area (TPSA) is 112 Å². The van der Waals surface area contributed by atoms with Gasteiger partial charge in [0.15, 0.2) is 0 Å². The highest BCUT2D eigenvalue weighted by Crippen LogP contribution is 2.27. The molecule has 0 radical (unpaired) electrons. The minimum atomic E-state index is -1.000. The molecule has 2 rings (SSSR count). The fourth-order valence-electron chi connectivity index (χ4n) is 4.43. The fourth-order valence-corrected chi connectivity index (χ4v) is 4.43. The van der Waals surface area contributed by atoms with E-state index in [1.54, 1.807) is 34.6 Å². The third-order valence-electron chi connectivity index (χ3n) is 6.49. The van der Waals surface area contributed by atoms with Crippen molar-refractivity contribution in [1.29, 1.82) is 5.26 Å². The van der Waals surface area contributed by atoms with Gasteiger partial charge < -0.3 is 20.3 Å². The molecule has 0 spiro atoms. The highest BCUT2D eigenvalue weighted by Gasteiger charge is 2.38. The van der Waals surface area contributed by atoms with Crippen molar-refractivity contribution in [2.45, 2.75) is 104 Å². The molecule has 1 aliphatic rings. The van der Waals surface area contributed by atoms with E-state index in [-0.39, 0.29) is 24.4 Å². The van der Waals surface area contributed by atoms with Crippen LogP contribution in [0.1, 0.15) is 89.5 Å². The van der Waals surface area contributed by atoms with E-state index in [1.807, 2.05) is 38.1 Å². The molecule has 1 fully saturated rings. The molecule has 2 unspecified atom stereocenters. The summed E-state index contributed by atoms with van der Waals surface area (Å²) in [6.45, 7) is 12.5. The zero-order valence-electron chi connectivity index (χ0n) is 22.8. The molecule has 1 aromatic rings. The molecule has 0 saturated heterocycles. The highest BCUT2D eigenvalue weighted by atomic mass is 16.6. The molecule has 2 N–H and O–H groups in total. The van der Waals surface area contributed by atoms with Crippen molar-refractivity contribution in [3.05, 3.63) is 34.9 Å². The van der Waals surface area contributed by atoms with Crippen molar-refractivity contribution >= 4 is 17.9 Å². The monoisotopic (exact) mass is 498 g/mol. The van der Waals surface area contributed by atoms with E-state index in [4.69, 9.17) is 4.74 Å². The molecule has 1 aromatic carbocycles. The number of benzene rings is 1. The molecule has 36 heavy (non-hydrogen) atoms. The van der Waals surface area contributed by atoms with Gasteiger partial charge in [-0.1, -0.05) is 51.3 Å². The van der Waals surface area contributed by atoms with Crippen LogP contribution in [0.5, 0.6) is 0 Å². The highest BCUT2D eigenvalue weighted by molar-refractivity contribution is 5.92. The standard InChI is InChI=1S/C28H42N4O4/c1-18(2)23(31-27(35)36-28(5,6)7)26(34)32(16-15-29)24(21-14-13-19(3)20(4)17-21)25(33)30-22-11-9-8-10-12-22/h13-14,17-18,22-24H,8-12,16H2,1-7H3,(H,30,33)(H,31,35). The van der Waals surface area contributed by atoms with E-state index in [0.717, 1.165) is 43.2 Å². The molecule has 8 nitrogen and oxygen atoms in total. The van der Waals surface area contributed by atoms with Gasteiger partial charge in [0, 0.05) is 6.04 Å². The summed E-state index contributed by atoms with van der Waals surface area (Å²) in [4.78, 5) is 41.4. The van der Waals surface area contributed by atoms with Gasteiger partial charge in [-0.2, -0.15) is 5.26 Å². The van der Waals surface area contributed by atoms with E-state index in [2.05, 4.69) is 10.6 Å². The first-order valence-electron chi connectivity index (χ1n) is 12.9. The number of nitriles is 1. The van der Waals surface area contributed by atoms with Crippen molar-refractivity contribution in [2.75, 3.05) is 6.54 Å². The van der Waals surface area contributed by atoms with Crippen LogP contribution in [0, 0.1) is 31.1 Å². The van der Waals surface area contributed by atoms with E-state index in [1.165, 1.54) is 4.90 Å². The Morgan fingerprint density at radius 2 is 1.75 bits per heavy atom. The lowest BCUT2D eigenvalue weighted by Crippen LogP contribution is -2.55. The molecule has 8 heteroatoms. The first-order valence-corrected chi connectivity index (χ1v) is 12.9. The maximum absolute atomic E-state index is 13.9. The number of hydrogen-bond donors (Lipinski definition) is 2. The minimum Gasteiger partial charge on any atom is -0.444 e. The Balaban J connectivity index is 2.45. The number of ether oxygens (including phenoxy) is 1. The molecule has 0 bridgehead atoms. The maximum Gasteiger partial charge on any atom is 0.408 e. The largest absolute Gasteiger partial charge is 0.444 e. The smallest absolute Gasteiger partial charge is 0.408 e. The molecule has 198 valence electrons. The number of hydrogen-bond acceptors (Lipinski definition) is 5. The molecule has 2 atom stereocenters. The summed E-state index contributed by atoms with van der Waals surface area (Å²) in [6, 6.07) is 5.76. The molecular weight excluding hydrogens is 456 g/mol. The number of alkyl carbamates (subject to hydrolysis) is 1. The molecule has 0 aromatic heterocycles. The van der Waals surface area contributed by atoms with Crippen LogP contribution < -0.4 is 10.6 Å². The van der Waals surface area contributed by atoms with Gasteiger partial charge in [-0.25, -0.2) is 4.79 Å². The van der Waals surface area contributed by atoms with Gasteiger partial charge in [0.25, 0.3) is 0 Å². The molecule has 3 amide bonds. The normalized spacial score (nSPS) is 16.0.